The number of nitrogens with one attached hydrogen (secondary N) is 1. The zero-order chi connectivity index (χ0) is 27.7. The number of hydrogen-bond acceptors (Lipinski definition) is 5. The Morgan fingerprint density at radius 3 is 2.58 bits per heavy atom. The normalized spacial score (nSPS) is 18.4. The van der Waals surface area contributed by atoms with Crippen LogP contribution in [0.25, 0.3) is 11.9 Å². The molecule has 1 fully saturated rings. The maximum Gasteiger partial charge on any atom is 0.392 e. The van der Waals surface area contributed by atoms with E-state index in [-0.39, 0.29) is 19.3 Å². The first kappa shape index (κ1) is 29.5. The second kappa shape index (κ2) is 13.6. The van der Waals surface area contributed by atoms with E-state index in [9.17, 15) is 13.2 Å². The fourth-order valence-corrected chi connectivity index (χ4v) is 5.37. The minimum absolute atomic E-state index is 0.0467. The third-order valence-electron chi connectivity index (χ3n) is 6.40. The number of alkyl halides is 3. The third kappa shape index (κ3) is 7.49. The molecule has 1 aliphatic carbocycles. The summed E-state index contributed by atoms with van der Waals surface area (Å²) in [6, 6.07) is 7.60. The molecule has 0 aliphatic heterocycles. The molecule has 38 heavy (non-hydrogen) atoms. The molecule has 3 rings (SSSR count). The minimum Gasteiger partial charge on any atom is -0.376 e. The van der Waals surface area contributed by atoms with Crippen LogP contribution in [0.2, 0.25) is 0 Å². The number of halogens is 3. The Morgan fingerprint density at radius 1 is 1.24 bits per heavy atom. The van der Waals surface area contributed by atoms with E-state index in [4.69, 9.17) is 4.98 Å². The number of aromatic nitrogens is 2. The Labute approximate surface area is 227 Å². The van der Waals surface area contributed by atoms with E-state index in [2.05, 4.69) is 46.9 Å². The van der Waals surface area contributed by atoms with Crippen molar-refractivity contribution < 1.29 is 13.2 Å². The Morgan fingerprint density at radius 2 is 1.97 bits per heavy atom. The summed E-state index contributed by atoms with van der Waals surface area (Å²) in [5, 5.41) is 4.53. The van der Waals surface area contributed by atoms with E-state index >= 15 is 0 Å². The predicted octanol–water partition coefficient (Wildman–Crippen LogP) is 8.06. The van der Waals surface area contributed by atoms with E-state index < -0.39 is 12.1 Å². The molecule has 1 unspecified atom stereocenters. The summed E-state index contributed by atoms with van der Waals surface area (Å²) in [5.74, 6) is 0.299. The zero-order valence-electron chi connectivity index (χ0n) is 22.3. The molecule has 0 bridgehead atoms. The van der Waals surface area contributed by atoms with Gasteiger partial charge >= 0.3 is 6.18 Å². The van der Waals surface area contributed by atoms with Gasteiger partial charge in [-0.2, -0.15) is 13.2 Å². The van der Waals surface area contributed by atoms with Crippen LogP contribution in [0.5, 0.6) is 0 Å². The molecule has 0 spiro atoms. The topological polar surface area (TPSA) is 54.6 Å². The number of thioether (sulfide) groups is 1. The lowest BCUT2D eigenvalue weighted by Crippen LogP contribution is -2.33. The highest BCUT2D eigenvalue weighted by atomic mass is 32.2. The highest BCUT2D eigenvalue weighted by Gasteiger charge is 2.42. The summed E-state index contributed by atoms with van der Waals surface area (Å²) in [7, 11) is 1.59. The molecule has 1 N–H and O–H groups in total. The van der Waals surface area contributed by atoms with Crippen LogP contribution in [0.1, 0.15) is 56.6 Å². The molecule has 1 aromatic heterocycles. The SMILES string of the molecule is C=C/C=C\n1c(CCC)nc(CC)c1SCNc1ccc(C(=C)N=C2CC(C(F)(F)F)CCC2=NC)cc1. The molecule has 204 valence electrons. The van der Waals surface area contributed by atoms with E-state index in [1.807, 2.05) is 36.5 Å². The van der Waals surface area contributed by atoms with Gasteiger partial charge in [-0.25, -0.2) is 4.98 Å². The molecule has 1 saturated carbocycles. The Balaban J connectivity index is 1.68. The molecular weight excluding hydrogens is 507 g/mol. The van der Waals surface area contributed by atoms with Gasteiger partial charge in [-0.3, -0.25) is 14.6 Å². The Kier molecular flexibility index (Phi) is 10.6. The van der Waals surface area contributed by atoms with Crippen molar-refractivity contribution in [2.45, 2.75) is 63.6 Å². The predicted molar refractivity (Wildman–Crippen MR) is 155 cm³/mol. The number of imidazole rings is 1. The van der Waals surface area contributed by atoms with Gasteiger partial charge in [0.05, 0.1) is 34.6 Å². The van der Waals surface area contributed by atoms with Crippen molar-refractivity contribution >= 4 is 40.8 Å². The maximum atomic E-state index is 13.3. The monoisotopic (exact) mass is 543 g/mol. The van der Waals surface area contributed by atoms with Crippen molar-refractivity contribution in [3.63, 3.8) is 0 Å². The highest BCUT2D eigenvalue weighted by molar-refractivity contribution is 7.99. The zero-order valence-corrected chi connectivity index (χ0v) is 23.1. The van der Waals surface area contributed by atoms with Gasteiger partial charge in [0, 0.05) is 31.8 Å². The van der Waals surface area contributed by atoms with Crippen LogP contribution in [0, 0.1) is 5.92 Å². The number of aryl methyl sites for hydroxylation is 2. The molecule has 0 saturated heterocycles. The fraction of sp³-hybridized carbons (Fsp3) is 0.414. The average Bonchev–Trinajstić information content (AvgIpc) is 3.23. The largest absolute Gasteiger partial charge is 0.392 e. The molecule has 9 heteroatoms. The molecule has 0 radical (unpaired) electrons. The average molecular weight is 544 g/mol. The molecule has 1 aromatic carbocycles. The molecule has 2 aromatic rings. The summed E-state index contributed by atoms with van der Waals surface area (Å²) < 4.78 is 42.0. The number of aliphatic imine (C=N–C) groups is 2. The lowest BCUT2D eigenvalue weighted by Gasteiger charge is -2.26. The first-order chi connectivity index (χ1) is 18.2. The van der Waals surface area contributed by atoms with Crippen molar-refractivity contribution in [3.8, 4) is 0 Å². The van der Waals surface area contributed by atoms with Gasteiger partial charge in [-0.1, -0.05) is 57.0 Å². The lowest BCUT2D eigenvalue weighted by atomic mass is 9.85. The van der Waals surface area contributed by atoms with Gasteiger partial charge in [0.1, 0.15) is 10.9 Å². The number of nitrogens with zero attached hydrogens (tertiary/aromatic N) is 4. The number of hydrogen-bond donors (Lipinski definition) is 1. The molecule has 1 heterocycles. The number of benzene rings is 1. The smallest absolute Gasteiger partial charge is 0.376 e. The van der Waals surface area contributed by atoms with E-state index in [1.165, 1.54) is 0 Å². The van der Waals surface area contributed by atoms with Crippen LogP contribution in [0.4, 0.5) is 18.9 Å². The van der Waals surface area contributed by atoms with Gasteiger partial charge in [0.2, 0.25) is 0 Å². The standard InChI is InChI=1S/C29H36F3N5S/c1-6-9-17-37-27(10-7-2)36-24(8-3)28(37)38-19-34-23-14-11-21(12-15-23)20(4)35-26-18-22(29(30,31)32)13-16-25(26)33-5/h6,9,11-12,14-15,17,22,34H,1,4,7-8,10,13,16,18-19H2,2-3,5H3/b17-9-,33-25?,35-26?. The quantitative estimate of drug-likeness (QED) is 0.177. The Bertz CT molecular complexity index is 1210. The van der Waals surface area contributed by atoms with Gasteiger partial charge in [-0.05, 0) is 49.5 Å². The van der Waals surface area contributed by atoms with Crippen LogP contribution >= 0.6 is 11.8 Å². The fourth-order valence-electron chi connectivity index (χ4n) is 4.33. The van der Waals surface area contributed by atoms with Crippen LogP contribution in [-0.2, 0) is 12.8 Å². The summed E-state index contributed by atoms with van der Waals surface area (Å²) in [5.41, 5.74) is 4.18. The molecular formula is C29H36F3N5S. The molecule has 5 nitrogen and oxygen atoms in total. The van der Waals surface area contributed by atoms with Gasteiger partial charge in [-0.15, -0.1) is 0 Å². The van der Waals surface area contributed by atoms with Crippen molar-refractivity contribution in [3.05, 3.63) is 66.7 Å². The number of rotatable bonds is 11. The van der Waals surface area contributed by atoms with E-state index in [0.717, 1.165) is 47.1 Å². The van der Waals surface area contributed by atoms with Gasteiger partial charge < -0.3 is 5.32 Å². The van der Waals surface area contributed by atoms with Crippen LogP contribution < -0.4 is 5.32 Å². The summed E-state index contributed by atoms with van der Waals surface area (Å²) in [4.78, 5) is 13.5. The lowest BCUT2D eigenvalue weighted by molar-refractivity contribution is -0.174. The third-order valence-corrected chi connectivity index (χ3v) is 7.39. The summed E-state index contributed by atoms with van der Waals surface area (Å²) in [6.45, 7) is 12.0. The maximum absolute atomic E-state index is 13.3. The van der Waals surface area contributed by atoms with E-state index in [0.29, 0.717) is 23.0 Å². The minimum atomic E-state index is -4.23. The summed E-state index contributed by atoms with van der Waals surface area (Å²) >= 11 is 1.69. The van der Waals surface area contributed by atoms with Crippen LogP contribution in [0.3, 0.4) is 0 Å². The molecule has 0 amide bonds. The Hall–Kier alpha value is -3.07. The highest BCUT2D eigenvalue weighted by Crippen LogP contribution is 2.36. The van der Waals surface area contributed by atoms with Crippen molar-refractivity contribution in [1.82, 2.24) is 9.55 Å². The van der Waals surface area contributed by atoms with Gasteiger partial charge in [0.15, 0.2) is 0 Å². The second-order valence-corrected chi connectivity index (χ2v) is 9.99. The molecule has 1 atom stereocenters. The van der Waals surface area contributed by atoms with Crippen LogP contribution in [-0.4, -0.2) is 40.1 Å². The molecule has 1 aliphatic rings. The van der Waals surface area contributed by atoms with Crippen molar-refractivity contribution in [2.75, 3.05) is 18.2 Å². The summed E-state index contributed by atoms with van der Waals surface area (Å²) in [6.07, 6.45) is 4.37. The second-order valence-electron chi connectivity index (χ2n) is 9.03. The number of allylic oxidation sites excluding steroid dienone is 2. The van der Waals surface area contributed by atoms with Gasteiger partial charge in [0.25, 0.3) is 0 Å². The van der Waals surface area contributed by atoms with E-state index in [1.54, 1.807) is 24.9 Å². The van der Waals surface area contributed by atoms with Crippen molar-refractivity contribution in [1.29, 1.82) is 0 Å². The first-order valence-corrected chi connectivity index (χ1v) is 13.9. The number of anilines is 1. The first-order valence-electron chi connectivity index (χ1n) is 12.9. The van der Waals surface area contributed by atoms with Crippen molar-refractivity contribution in [2.24, 2.45) is 15.9 Å². The van der Waals surface area contributed by atoms with Crippen LogP contribution in [0.15, 0.2) is 64.6 Å².